The lowest BCUT2D eigenvalue weighted by Crippen LogP contribution is -2.40. The molecule has 0 aliphatic carbocycles. The lowest BCUT2D eigenvalue weighted by atomic mass is 10.1. The summed E-state index contributed by atoms with van der Waals surface area (Å²) in [7, 11) is 0. The number of para-hydroxylation sites is 1. The number of aromatic nitrogens is 2. The lowest BCUT2D eigenvalue weighted by molar-refractivity contribution is -0.131. The summed E-state index contributed by atoms with van der Waals surface area (Å²) in [6, 6.07) is 14.6. The zero-order chi connectivity index (χ0) is 21.1. The van der Waals surface area contributed by atoms with E-state index in [1.54, 1.807) is 15.5 Å². The summed E-state index contributed by atoms with van der Waals surface area (Å²) in [5, 5.41) is 0.545. The van der Waals surface area contributed by atoms with Crippen LogP contribution in [0.3, 0.4) is 0 Å². The third-order valence-corrected chi connectivity index (χ3v) is 5.16. The van der Waals surface area contributed by atoms with Crippen LogP contribution >= 0.6 is 11.6 Å². The van der Waals surface area contributed by atoms with E-state index in [1.165, 1.54) is 0 Å². The first-order valence-corrected chi connectivity index (χ1v) is 10.3. The molecule has 0 fully saturated rings. The van der Waals surface area contributed by atoms with Crippen molar-refractivity contribution in [2.75, 3.05) is 12.4 Å². The summed E-state index contributed by atoms with van der Waals surface area (Å²) in [5.41, 5.74) is 2.29. The van der Waals surface area contributed by atoms with Gasteiger partial charge < -0.3 is 4.90 Å². The van der Waals surface area contributed by atoms with E-state index in [4.69, 9.17) is 16.6 Å². The van der Waals surface area contributed by atoms with Gasteiger partial charge in [-0.1, -0.05) is 43.7 Å². The van der Waals surface area contributed by atoms with E-state index in [-0.39, 0.29) is 23.3 Å². The van der Waals surface area contributed by atoms with E-state index in [9.17, 15) is 9.59 Å². The minimum absolute atomic E-state index is 0.112. The summed E-state index contributed by atoms with van der Waals surface area (Å²) < 4.78 is 1.61. The number of halogens is 1. The Morgan fingerprint density at radius 2 is 1.76 bits per heavy atom. The summed E-state index contributed by atoms with van der Waals surface area (Å²) in [6.45, 7) is 8.51. The number of aryl methyl sites for hydroxylation is 1. The van der Waals surface area contributed by atoms with E-state index < -0.39 is 6.04 Å². The summed E-state index contributed by atoms with van der Waals surface area (Å²) in [4.78, 5) is 32.5. The van der Waals surface area contributed by atoms with Crippen LogP contribution in [0.4, 0.5) is 0 Å². The fraction of sp³-hybridized carbons (Fsp3) is 0.348. The smallest absolute Gasteiger partial charge is 0.266 e. The molecule has 0 aliphatic rings. The number of alkyl halides is 1. The van der Waals surface area contributed by atoms with Crippen LogP contribution in [-0.2, 0) is 4.79 Å². The van der Waals surface area contributed by atoms with Crippen molar-refractivity contribution in [3.8, 4) is 5.69 Å². The van der Waals surface area contributed by atoms with Gasteiger partial charge in [0.15, 0.2) is 0 Å². The number of carbonyl (C=O) groups excluding carboxylic acids is 1. The SMILES string of the molecule is Cc1ccc(-n2c([C@@H](C)N(CC(C)C)C(=O)CCl)nc3ccccc3c2=O)cc1. The Kier molecular flexibility index (Phi) is 6.38. The van der Waals surface area contributed by atoms with Gasteiger partial charge in [-0.15, -0.1) is 11.6 Å². The van der Waals surface area contributed by atoms with E-state index in [0.29, 0.717) is 23.3 Å². The number of carbonyl (C=O) groups is 1. The summed E-state index contributed by atoms with van der Waals surface area (Å²) in [5.74, 6) is 0.492. The Morgan fingerprint density at radius 1 is 1.10 bits per heavy atom. The van der Waals surface area contributed by atoms with Crippen molar-refractivity contribution in [1.82, 2.24) is 14.5 Å². The van der Waals surface area contributed by atoms with Gasteiger partial charge in [-0.25, -0.2) is 4.98 Å². The highest BCUT2D eigenvalue weighted by Gasteiger charge is 2.26. The molecule has 2 aromatic carbocycles. The molecule has 0 aliphatic heterocycles. The normalized spacial score (nSPS) is 12.3. The van der Waals surface area contributed by atoms with Crippen LogP contribution in [0.2, 0.25) is 0 Å². The van der Waals surface area contributed by atoms with Crippen LogP contribution in [0.1, 0.15) is 38.2 Å². The molecule has 0 N–H and O–H groups in total. The van der Waals surface area contributed by atoms with Crippen LogP contribution < -0.4 is 5.56 Å². The summed E-state index contributed by atoms with van der Waals surface area (Å²) >= 11 is 5.88. The molecule has 0 saturated heterocycles. The fourth-order valence-electron chi connectivity index (χ4n) is 3.46. The highest BCUT2D eigenvalue weighted by molar-refractivity contribution is 6.27. The van der Waals surface area contributed by atoms with Crippen molar-refractivity contribution in [1.29, 1.82) is 0 Å². The standard InChI is InChI=1S/C23H26ClN3O2/c1-15(2)14-26(21(28)13-24)17(4)22-25-20-8-6-5-7-19(20)23(29)27(22)18-11-9-16(3)10-12-18/h5-12,15,17H,13-14H2,1-4H3/t17-/m1/s1. The number of hydrogen-bond acceptors (Lipinski definition) is 3. The van der Waals surface area contributed by atoms with E-state index in [2.05, 4.69) is 0 Å². The van der Waals surface area contributed by atoms with E-state index in [1.807, 2.05) is 70.2 Å². The molecule has 1 amide bonds. The molecule has 29 heavy (non-hydrogen) atoms. The second kappa shape index (κ2) is 8.78. The van der Waals surface area contributed by atoms with Gasteiger partial charge in [-0.2, -0.15) is 0 Å². The van der Waals surface area contributed by atoms with Gasteiger partial charge in [-0.3, -0.25) is 14.2 Å². The van der Waals surface area contributed by atoms with Gasteiger partial charge in [0.05, 0.1) is 22.6 Å². The largest absolute Gasteiger partial charge is 0.331 e. The van der Waals surface area contributed by atoms with Crippen molar-refractivity contribution >= 4 is 28.4 Å². The maximum Gasteiger partial charge on any atom is 0.266 e. The zero-order valence-electron chi connectivity index (χ0n) is 17.2. The molecule has 5 nitrogen and oxygen atoms in total. The fourth-order valence-corrected chi connectivity index (χ4v) is 3.61. The van der Waals surface area contributed by atoms with Gasteiger partial charge >= 0.3 is 0 Å². The lowest BCUT2D eigenvalue weighted by Gasteiger charge is -2.31. The Hall–Kier alpha value is -2.66. The second-order valence-corrected chi connectivity index (χ2v) is 7.98. The predicted molar refractivity (Wildman–Crippen MR) is 118 cm³/mol. The Balaban J connectivity index is 2.26. The van der Waals surface area contributed by atoms with Crippen LogP contribution in [0, 0.1) is 12.8 Å². The van der Waals surface area contributed by atoms with Crippen LogP contribution in [0.5, 0.6) is 0 Å². The molecule has 0 bridgehead atoms. The number of hydrogen-bond donors (Lipinski definition) is 0. The molecule has 0 saturated carbocycles. The number of fused-ring (bicyclic) bond motifs is 1. The zero-order valence-corrected chi connectivity index (χ0v) is 18.0. The van der Waals surface area contributed by atoms with Gasteiger partial charge in [-0.05, 0) is 44.0 Å². The van der Waals surface area contributed by atoms with Crippen molar-refractivity contribution in [2.45, 2.75) is 33.7 Å². The molecule has 3 aromatic rings. The molecule has 0 unspecified atom stereocenters. The van der Waals surface area contributed by atoms with Crippen molar-refractivity contribution in [2.24, 2.45) is 5.92 Å². The molecule has 0 radical (unpaired) electrons. The maximum absolute atomic E-state index is 13.4. The topological polar surface area (TPSA) is 55.2 Å². The number of amides is 1. The Bertz CT molecular complexity index is 1070. The predicted octanol–water partition coefficient (Wildman–Crippen LogP) is 4.48. The molecule has 1 heterocycles. The number of rotatable bonds is 6. The molecule has 6 heteroatoms. The number of nitrogens with zero attached hydrogens (tertiary/aromatic N) is 3. The minimum atomic E-state index is -0.415. The van der Waals surface area contributed by atoms with Gasteiger partial charge in [0, 0.05) is 6.54 Å². The third kappa shape index (κ3) is 4.35. The average molecular weight is 412 g/mol. The monoisotopic (exact) mass is 411 g/mol. The first-order chi connectivity index (χ1) is 13.8. The van der Waals surface area contributed by atoms with Crippen LogP contribution in [0.15, 0.2) is 53.3 Å². The van der Waals surface area contributed by atoms with E-state index in [0.717, 1.165) is 11.3 Å². The first kappa shape index (κ1) is 21.1. The molecular formula is C23H26ClN3O2. The van der Waals surface area contributed by atoms with Crippen molar-refractivity contribution in [3.63, 3.8) is 0 Å². The van der Waals surface area contributed by atoms with Crippen molar-refractivity contribution in [3.05, 3.63) is 70.3 Å². The minimum Gasteiger partial charge on any atom is -0.331 e. The number of benzene rings is 2. The molecule has 3 rings (SSSR count). The van der Waals surface area contributed by atoms with Gasteiger partial charge in [0.1, 0.15) is 11.7 Å². The molecule has 0 spiro atoms. The maximum atomic E-state index is 13.4. The highest BCUT2D eigenvalue weighted by Crippen LogP contribution is 2.24. The highest BCUT2D eigenvalue weighted by atomic mass is 35.5. The van der Waals surface area contributed by atoms with Crippen LogP contribution in [-0.4, -0.2) is 32.8 Å². The van der Waals surface area contributed by atoms with Crippen molar-refractivity contribution < 1.29 is 4.79 Å². The Morgan fingerprint density at radius 3 is 2.38 bits per heavy atom. The molecule has 1 aromatic heterocycles. The summed E-state index contributed by atoms with van der Waals surface area (Å²) in [6.07, 6.45) is 0. The third-order valence-electron chi connectivity index (χ3n) is 4.93. The molecule has 1 atom stereocenters. The Labute approximate surface area is 175 Å². The van der Waals surface area contributed by atoms with Gasteiger partial charge in [0.25, 0.3) is 5.56 Å². The molecular weight excluding hydrogens is 386 g/mol. The van der Waals surface area contributed by atoms with Crippen LogP contribution in [0.25, 0.3) is 16.6 Å². The first-order valence-electron chi connectivity index (χ1n) is 9.77. The average Bonchev–Trinajstić information content (AvgIpc) is 2.71. The quantitative estimate of drug-likeness (QED) is 0.562. The molecule has 152 valence electrons. The second-order valence-electron chi connectivity index (χ2n) is 7.71. The van der Waals surface area contributed by atoms with Gasteiger partial charge in [0.2, 0.25) is 5.91 Å². The van der Waals surface area contributed by atoms with E-state index >= 15 is 0 Å².